The van der Waals surface area contributed by atoms with Crippen LogP contribution in [0.15, 0.2) is 48.5 Å². The molecule has 4 heteroatoms. The standard InChI is InChI=1S/C21H26NO3/c1-3-23-14-15-24-16-17-25-21-12-8-19(9-13-21)5-4-18-6-10-20(22-2)11-7-18/h4-13,22H,1,3,14-17H2,2H3. The van der Waals surface area contributed by atoms with Crippen molar-refractivity contribution in [1.82, 2.24) is 0 Å². The number of hydrogen-bond acceptors (Lipinski definition) is 4. The Kier molecular flexibility index (Phi) is 8.59. The summed E-state index contributed by atoms with van der Waals surface area (Å²) >= 11 is 0. The third kappa shape index (κ3) is 7.42. The van der Waals surface area contributed by atoms with E-state index in [2.05, 4.69) is 48.7 Å². The van der Waals surface area contributed by atoms with Crippen LogP contribution in [-0.4, -0.2) is 40.1 Å². The fourth-order valence-corrected chi connectivity index (χ4v) is 2.17. The molecule has 4 nitrogen and oxygen atoms in total. The van der Waals surface area contributed by atoms with E-state index in [4.69, 9.17) is 14.2 Å². The summed E-state index contributed by atoms with van der Waals surface area (Å²) in [5, 5.41) is 3.11. The molecule has 0 aliphatic rings. The van der Waals surface area contributed by atoms with Gasteiger partial charge in [0.2, 0.25) is 0 Å². The number of rotatable bonds is 11. The van der Waals surface area contributed by atoms with Gasteiger partial charge in [0.1, 0.15) is 12.4 Å². The quantitative estimate of drug-likeness (QED) is 0.493. The Morgan fingerprint density at radius 2 is 1.36 bits per heavy atom. The molecular formula is C21H26NO3. The van der Waals surface area contributed by atoms with Crippen molar-refractivity contribution < 1.29 is 14.2 Å². The van der Waals surface area contributed by atoms with Gasteiger partial charge in [-0.2, -0.15) is 0 Å². The van der Waals surface area contributed by atoms with Crippen LogP contribution in [-0.2, 0) is 9.47 Å². The van der Waals surface area contributed by atoms with Crippen LogP contribution < -0.4 is 10.1 Å². The minimum absolute atomic E-state index is 0.474. The molecule has 0 aliphatic heterocycles. The number of anilines is 1. The third-order valence-corrected chi connectivity index (χ3v) is 3.56. The predicted molar refractivity (Wildman–Crippen MR) is 104 cm³/mol. The zero-order chi connectivity index (χ0) is 17.7. The van der Waals surface area contributed by atoms with Crippen LogP contribution in [0.2, 0.25) is 0 Å². The molecule has 2 rings (SSSR count). The summed E-state index contributed by atoms with van der Waals surface area (Å²) in [6.45, 7) is 6.28. The van der Waals surface area contributed by atoms with Gasteiger partial charge < -0.3 is 19.5 Å². The highest BCUT2D eigenvalue weighted by molar-refractivity contribution is 5.70. The number of nitrogens with one attached hydrogen (secondary N) is 1. The van der Waals surface area contributed by atoms with Gasteiger partial charge in [-0.3, -0.25) is 0 Å². The molecule has 2 aromatic carbocycles. The molecule has 0 amide bonds. The van der Waals surface area contributed by atoms with Gasteiger partial charge in [-0.05, 0) is 42.3 Å². The van der Waals surface area contributed by atoms with Crippen LogP contribution in [0.25, 0.3) is 12.2 Å². The van der Waals surface area contributed by atoms with E-state index in [0.717, 1.165) is 17.0 Å². The first-order valence-corrected chi connectivity index (χ1v) is 8.45. The summed E-state index contributed by atoms with van der Waals surface area (Å²) in [5.74, 6) is 0.841. The lowest BCUT2D eigenvalue weighted by molar-refractivity contribution is 0.0445. The number of hydrogen-bond donors (Lipinski definition) is 1. The van der Waals surface area contributed by atoms with Crippen molar-refractivity contribution in [3.8, 4) is 5.75 Å². The van der Waals surface area contributed by atoms with Gasteiger partial charge in [-0.15, -0.1) is 0 Å². The Morgan fingerprint density at radius 1 is 0.800 bits per heavy atom. The zero-order valence-corrected chi connectivity index (χ0v) is 14.7. The van der Waals surface area contributed by atoms with Crippen LogP contribution >= 0.6 is 0 Å². The fourth-order valence-electron chi connectivity index (χ4n) is 2.17. The molecule has 0 unspecified atom stereocenters. The Hall–Kier alpha value is -2.30. The highest BCUT2D eigenvalue weighted by atomic mass is 16.5. The Bertz CT molecular complexity index is 621. The summed E-state index contributed by atoms with van der Waals surface area (Å²) in [4.78, 5) is 0. The average molecular weight is 340 g/mol. The van der Waals surface area contributed by atoms with Crippen LogP contribution in [0, 0.1) is 6.92 Å². The van der Waals surface area contributed by atoms with E-state index in [9.17, 15) is 0 Å². The molecule has 25 heavy (non-hydrogen) atoms. The molecule has 0 atom stereocenters. The molecule has 2 aromatic rings. The molecule has 0 aliphatic carbocycles. The number of benzene rings is 2. The molecule has 0 heterocycles. The summed E-state index contributed by atoms with van der Waals surface area (Å²) in [5.41, 5.74) is 3.41. The maximum atomic E-state index is 5.65. The highest BCUT2D eigenvalue weighted by Gasteiger charge is 1.95. The lowest BCUT2D eigenvalue weighted by Gasteiger charge is -2.07. The average Bonchev–Trinajstić information content (AvgIpc) is 2.67. The van der Waals surface area contributed by atoms with Gasteiger partial charge in [-0.1, -0.05) is 36.4 Å². The second-order valence-corrected chi connectivity index (χ2v) is 5.35. The molecule has 0 saturated heterocycles. The van der Waals surface area contributed by atoms with E-state index < -0.39 is 0 Å². The fraction of sp³-hybridized carbons (Fsp3) is 0.286. The Balaban J connectivity index is 1.72. The highest BCUT2D eigenvalue weighted by Crippen LogP contribution is 2.15. The molecule has 0 fully saturated rings. The summed E-state index contributed by atoms with van der Waals surface area (Å²) in [7, 11) is 1.92. The van der Waals surface area contributed by atoms with Crippen molar-refractivity contribution in [2.75, 3.05) is 45.4 Å². The van der Waals surface area contributed by atoms with Crippen LogP contribution in [0.3, 0.4) is 0 Å². The molecule has 0 spiro atoms. The van der Waals surface area contributed by atoms with Crippen molar-refractivity contribution in [2.24, 2.45) is 0 Å². The summed E-state index contributed by atoms with van der Waals surface area (Å²) in [6.07, 6.45) is 4.18. The maximum Gasteiger partial charge on any atom is 0.119 e. The van der Waals surface area contributed by atoms with E-state index >= 15 is 0 Å². The molecule has 1 N–H and O–H groups in total. The Morgan fingerprint density at radius 3 is 1.96 bits per heavy atom. The van der Waals surface area contributed by atoms with E-state index in [1.54, 1.807) is 0 Å². The van der Waals surface area contributed by atoms with E-state index in [1.165, 1.54) is 5.56 Å². The van der Waals surface area contributed by atoms with Gasteiger partial charge >= 0.3 is 0 Å². The van der Waals surface area contributed by atoms with Crippen molar-refractivity contribution in [2.45, 2.75) is 0 Å². The van der Waals surface area contributed by atoms with E-state index in [0.29, 0.717) is 33.0 Å². The van der Waals surface area contributed by atoms with Crippen molar-refractivity contribution in [1.29, 1.82) is 0 Å². The van der Waals surface area contributed by atoms with Crippen LogP contribution in [0.4, 0.5) is 5.69 Å². The van der Waals surface area contributed by atoms with Gasteiger partial charge in [-0.25, -0.2) is 0 Å². The van der Waals surface area contributed by atoms with Gasteiger partial charge in [0.15, 0.2) is 0 Å². The first-order valence-electron chi connectivity index (χ1n) is 8.45. The minimum atomic E-state index is 0.474. The first-order chi connectivity index (χ1) is 12.3. The second-order valence-electron chi connectivity index (χ2n) is 5.35. The zero-order valence-electron chi connectivity index (χ0n) is 14.7. The smallest absolute Gasteiger partial charge is 0.119 e. The first kappa shape index (κ1) is 19.0. The maximum absolute atomic E-state index is 5.65. The normalized spacial score (nSPS) is 11.0. The van der Waals surface area contributed by atoms with Gasteiger partial charge in [0.25, 0.3) is 0 Å². The van der Waals surface area contributed by atoms with Crippen LogP contribution in [0.1, 0.15) is 11.1 Å². The molecular weight excluding hydrogens is 314 g/mol. The van der Waals surface area contributed by atoms with Crippen molar-refractivity contribution in [3.05, 3.63) is 66.6 Å². The van der Waals surface area contributed by atoms with E-state index in [1.807, 2.05) is 31.3 Å². The third-order valence-electron chi connectivity index (χ3n) is 3.56. The molecule has 0 saturated carbocycles. The SMILES string of the molecule is [CH2]COCCOCCOc1ccc(C=Cc2ccc(NC)cc2)cc1. The lowest BCUT2D eigenvalue weighted by Crippen LogP contribution is -2.10. The Labute approximate surface area is 150 Å². The second kappa shape index (κ2) is 11.3. The van der Waals surface area contributed by atoms with Crippen LogP contribution in [0.5, 0.6) is 5.75 Å². The molecule has 0 aromatic heterocycles. The lowest BCUT2D eigenvalue weighted by atomic mass is 10.1. The van der Waals surface area contributed by atoms with Gasteiger partial charge in [0, 0.05) is 19.3 Å². The van der Waals surface area contributed by atoms with E-state index in [-0.39, 0.29) is 0 Å². The summed E-state index contributed by atoms with van der Waals surface area (Å²) in [6, 6.07) is 16.3. The molecule has 1 radical (unpaired) electrons. The molecule has 133 valence electrons. The van der Waals surface area contributed by atoms with Crippen molar-refractivity contribution in [3.63, 3.8) is 0 Å². The number of ether oxygens (including phenoxy) is 3. The van der Waals surface area contributed by atoms with Crippen molar-refractivity contribution >= 4 is 17.8 Å². The predicted octanol–water partition coefficient (Wildman–Crippen LogP) is 4.14. The minimum Gasteiger partial charge on any atom is -0.491 e. The monoisotopic (exact) mass is 340 g/mol. The van der Waals surface area contributed by atoms with Gasteiger partial charge in [0.05, 0.1) is 19.8 Å². The topological polar surface area (TPSA) is 39.7 Å². The molecule has 0 bridgehead atoms. The summed E-state index contributed by atoms with van der Waals surface area (Å²) < 4.78 is 16.1. The largest absolute Gasteiger partial charge is 0.491 e.